The Balaban J connectivity index is 1.48. The second kappa shape index (κ2) is 8.95. The van der Waals surface area contributed by atoms with Crippen molar-refractivity contribution in [3.05, 3.63) is 65.5 Å². The number of piperidine rings is 1. The van der Waals surface area contributed by atoms with Crippen LogP contribution in [-0.4, -0.2) is 41.9 Å². The highest BCUT2D eigenvalue weighted by Crippen LogP contribution is 2.32. The van der Waals surface area contributed by atoms with Gasteiger partial charge in [0.2, 0.25) is 5.91 Å². The molecule has 1 saturated heterocycles. The number of amides is 1. The summed E-state index contributed by atoms with van der Waals surface area (Å²) in [5, 5.41) is 0. The first-order valence-corrected chi connectivity index (χ1v) is 10.6. The third-order valence-electron chi connectivity index (χ3n) is 5.96. The van der Waals surface area contributed by atoms with Gasteiger partial charge in [-0.2, -0.15) is 0 Å². The molecule has 2 atom stereocenters. The zero-order valence-electron chi connectivity index (χ0n) is 17.0. The lowest BCUT2D eigenvalue weighted by Gasteiger charge is -2.32. The third-order valence-corrected chi connectivity index (χ3v) is 5.96. The van der Waals surface area contributed by atoms with Crippen LogP contribution in [0.3, 0.4) is 0 Å². The molecule has 4 rings (SSSR count). The summed E-state index contributed by atoms with van der Waals surface area (Å²) in [4.78, 5) is 17.0. The van der Waals surface area contributed by atoms with Gasteiger partial charge in [0.05, 0.1) is 0 Å². The molecule has 4 nitrogen and oxygen atoms in total. The van der Waals surface area contributed by atoms with Crippen LogP contribution in [0.15, 0.2) is 48.5 Å². The molecule has 0 spiro atoms. The monoisotopic (exact) mass is 396 g/mol. The van der Waals surface area contributed by atoms with Gasteiger partial charge in [0.25, 0.3) is 0 Å². The molecule has 29 heavy (non-hydrogen) atoms. The normalized spacial score (nSPS) is 22.5. The van der Waals surface area contributed by atoms with Gasteiger partial charge >= 0.3 is 0 Å². The lowest BCUT2D eigenvalue weighted by atomic mass is 10.00. The van der Waals surface area contributed by atoms with Gasteiger partial charge < -0.3 is 9.64 Å². The lowest BCUT2D eigenvalue weighted by Crippen LogP contribution is -2.41. The summed E-state index contributed by atoms with van der Waals surface area (Å²) >= 11 is 0. The minimum atomic E-state index is -0.398. The van der Waals surface area contributed by atoms with Crippen LogP contribution in [0.1, 0.15) is 43.4 Å². The fraction of sp³-hybridized carbons (Fsp3) is 0.458. The van der Waals surface area contributed by atoms with Gasteiger partial charge in [-0.15, -0.1) is 0 Å². The molecule has 154 valence electrons. The Morgan fingerprint density at radius 1 is 1.14 bits per heavy atom. The minimum absolute atomic E-state index is 0.220. The van der Waals surface area contributed by atoms with Gasteiger partial charge in [-0.3, -0.25) is 9.69 Å². The molecule has 0 saturated carbocycles. The summed E-state index contributed by atoms with van der Waals surface area (Å²) in [6.07, 6.45) is 2.38. The van der Waals surface area contributed by atoms with Crippen LogP contribution >= 0.6 is 0 Å². The SMILES string of the molecule is C[C@@H]1CCCN(C(=O)CCN2Cc3ccccc3O[C@@H](c3ccccc3F)C2)C1. The first-order chi connectivity index (χ1) is 14.1. The fourth-order valence-corrected chi connectivity index (χ4v) is 4.38. The van der Waals surface area contributed by atoms with E-state index in [0.717, 1.165) is 30.8 Å². The Bertz CT molecular complexity index is 856. The van der Waals surface area contributed by atoms with Crippen molar-refractivity contribution in [3.63, 3.8) is 0 Å². The number of carbonyl (C=O) groups is 1. The Kier molecular flexibility index (Phi) is 6.14. The molecule has 2 aliphatic rings. The maximum atomic E-state index is 14.4. The molecule has 2 aromatic rings. The van der Waals surface area contributed by atoms with Crippen molar-refractivity contribution in [3.8, 4) is 5.75 Å². The number of halogens is 1. The number of hydrogen-bond acceptors (Lipinski definition) is 3. The zero-order valence-corrected chi connectivity index (χ0v) is 17.0. The highest BCUT2D eigenvalue weighted by atomic mass is 19.1. The summed E-state index contributed by atoms with van der Waals surface area (Å²) in [7, 11) is 0. The molecule has 0 radical (unpaired) electrons. The van der Waals surface area contributed by atoms with Gasteiger partial charge in [-0.1, -0.05) is 43.3 Å². The van der Waals surface area contributed by atoms with E-state index in [4.69, 9.17) is 4.74 Å². The van der Waals surface area contributed by atoms with Gasteiger partial charge in [-0.05, 0) is 30.9 Å². The van der Waals surface area contributed by atoms with E-state index < -0.39 is 6.10 Å². The number of likely N-dealkylation sites (tertiary alicyclic amines) is 1. The number of rotatable bonds is 4. The summed E-state index contributed by atoms with van der Waals surface area (Å²) in [6, 6.07) is 14.7. The maximum absolute atomic E-state index is 14.4. The van der Waals surface area contributed by atoms with E-state index in [2.05, 4.69) is 11.8 Å². The van der Waals surface area contributed by atoms with Gasteiger partial charge in [0.15, 0.2) is 0 Å². The molecule has 1 amide bonds. The number of nitrogens with zero attached hydrogens (tertiary/aromatic N) is 2. The number of para-hydroxylation sites is 1. The molecular formula is C24H29FN2O2. The van der Waals surface area contributed by atoms with Crippen LogP contribution < -0.4 is 4.74 Å². The summed E-state index contributed by atoms with van der Waals surface area (Å²) < 4.78 is 20.7. The third kappa shape index (κ3) is 4.78. The quantitative estimate of drug-likeness (QED) is 0.767. The standard InChI is InChI=1S/C24H29FN2O2/c1-18-7-6-13-27(15-18)24(28)12-14-26-16-19-8-2-5-11-22(19)29-23(17-26)20-9-3-4-10-21(20)25/h2-5,8-11,18,23H,6-7,12-17H2,1H3/t18-,23-/m1/s1. The van der Waals surface area contributed by atoms with E-state index in [1.54, 1.807) is 12.1 Å². The van der Waals surface area contributed by atoms with Crippen LogP contribution in [-0.2, 0) is 11.3 Å². The van der Waals surface area contributed by atoms with Crippen molar-refractivity contribution in [1.29, 1.82) is 0 Å². The van der Waals surface area contributed by atoms with E-state index in [1.807, 2.05) is 35.2 Å². The molecule has 2 heterocycles. The van der Waals surface area contributed by atoms with Gasteiger partial charge in [0.1, 0.15) is 17.7 Å². The smallest absolute Gasteiger partial charge is 0.223 e. The van der Waals surface area contributed by atoms with Crippen molar-refractivity contribution >= 4 is 5.91 Å². The molecule has 0 unspecified atom stereocenters. The van der Waals surface area contributed by atoms with E-state index in [1.165, 1.54) is 12.5 Å². The van der Waals surface area contributed by atoms with Crippen LogP contribution in [0.5, 0.6) is 5.75 Å². The topological polar surface area (TPSA) is 32.8 Å². The van der Waals surface area contributed by atoms with Crippen LogP contribution in [0.4, 0.5) is 4.39 Å². The fourth-order valence-electron chi connectivity index (χ4n) is 4.38. The maximum Gasteiger partial charge on any atom is 0.223 e. The molecular weight excluding hydrogens is 367 g/mol. The van der Waals surface area contributed by atoms with Crippen LogP contribution in [0, 0.1) is 11.7 Å². The van der Waals surface area contributed by atoms with Gasteiger partial charge in [-0.25, -0.2) is 4.39 Å². The average molecular weight is 397 g/mol. The summed E-state index contributed by atoms with van der Waals surface area (Å²) in [5.41, 5.74) is 1.63. The van der Waals surface area contributed by atoms with Crippen LogP contribution in [0.2, 0.25) is 0 Å². The highest BCUT2D eigenvalue weighted by molar-refractivity contribution is 5.76. The van der Waals surface area contributed by atoms with Crippen LogP contribution in [0.25, 0.3) is 0 Å². The molecule has 2 aliphatic heterocycles. The zero-order chi connectivity index (χ0) is 20.2. The molecule has 0 aromatic heterocycles. The minimum Gasteiger partial charge on any atom is -0.484 e. The molecule has 0 bridgehead atoms. The Labute approximate surface area is 172 Å². The Morgan fingerprint density at radius 3 is 2.76 bits per heavy atom. The highest BCUT2D eigenvalue weighted by Gasteiger charge is 2.27. The second-order valence-electron chi connectivity index (χ2n) is 8.31. The lowest BCUT2D eigenvalue weighted by molar-refractivity contribution is -0.133. The van der Waals surface area contributed by atoms with E-state index >= 15 is 0 Å². The molecule has 0 aliphatic carbocycles. The number of ether oxygens (including phenoxy) is 1. The summed E-state index contributed by atoms with van der Waals surface area (Å²) in [6.45, 7) is 5.84. The average Bonchev–Trinajstić information content (AvgIpc) is 2.91. The van der Waals surface area contributed by atoms with E-state index in [9.17, 15) is 9.18 Å². The first kappa shape index (κ1) is 19.9. The largest absolute Gasteiger partial charge is 0.484 e. The van der Waals surface area contributed by atoms with Crippen molar-refractivity contribution in [1.82, 2.24) is 9.80 Å². The Morgan fingerprint density at radius 2 is 1.93 bits per heavy atom. The van der Waals surface area contributed by atoms with E-state index in [0.29, 0.717) is 37.5 Å². The van der Waals surface area contributed by atoms with Crippen molar-refractivity contribution < 1.29 is 13.9 Å². The number of fused-ring (bicyclic) bond motifs is 1. The van der Waals surface area contributed by atoms with Crippen molar-refractivity contribution in [2.75, 3.05) is 26.2 Å². The second-order valence-corrected chi connectivity index (χ2v) is 8.31. The molecule has 5 heteroatoms. The molecule has 2 aromatic carbocycles. The molecule has 1 fully saturated rings. The Hall–Kier alpha value is -2.40. The predicted molar refractivity (Wildman–Crippen MR) is 111 cm³/mol. The summed E-state index contributed by atoms with van der Waals surface area (Å²) in [5.74, 6) is 1.34. The van der Waals surface area contributed by atoms with Crippen molar-refractivity contribution in [2.24, 2.45) is 5.92 Å². The van der Waals surface area contributed by atoms with Crippen molar-refractivity contribution in [2.45, 2.75) is 38.8 Å². The first-order valence-electron chi connectivity index (χ1n) is 10.6. The molecule has 0 N–H and O–H groups in total. The number of benzene rings is 2. The van der Waals surface area contributed by atoms with Gasteiger partial charge in [0, 0.05) is 50.3 Å². The predicted octanol–water partition coefficient (Wildman–Crippen LogP) is 4.41. The number of hydrogen-bond donors (Lipinski definition) is 0. The van der Waals surface area contributed by atoms with E-state index in [-0.39, 0.29) is 11.7 Å². The number of carbonyl (C=O) groups excluding carboxylic acids is 1.